The number of aryl methyl sites for hydroxylation is 1. The minimum absolute atomic E-state index is 0.0500. The Kier molecular flexibility index (Phi) is 9.30. The van der Waals surface area contributed by atoms with Crippen LogP contribution in [-0.2, 0) is 26.2 Å². The second kappa shape index (κ2) is 12.4. The summed E-state index contributed by atoms with van der Waals surface area (Å²) in [6.07, 6.45) is 0.363. The Morgan fingerprint density at radius 1 is 0.973 bits per heavy atom. The largest absolute Gasteiger partial charge is 0.497 e. The fraction of sp³-hybridized carbons (Fsp3) is 0.286. The molecule has 196 valence electrons. The van der Waals surface area contributed by atoms with Crippen LogP contribution in [0.5, 0.6) is 5.75 Å². The number of carbonyl (C=O) groups is 2. The molecule has 0 saturated carbocycles. The van der Waals surface area contributed by atoms with E-state index in [9.17, 15) is 18.0 Å². The third-order valence-electron chi connectivity index (χ3n) is 6.06. The molecule has 0 radical (unpaired) electrons. The zero-order valence-electron chi connectivity index (χ0n) is 21.5. The van der Waals surface area contributed by atoms with E-state index < -0.39 is 28.5 Å². The monoisotopic (exact) mass is 523 g/mol. The van der Waals surface area contributed by atoms with Crippen molar-refractivity contribution in [3.63, 3.8) is 0 Å². The zero-order chi connectivity index (χ0) is 27.0. The maximum Gasteiger partial charge on any atom is 0.264 e. The molecule has 0 aliphatic rings. The van der Waals surface area contributed by atoms with E-state index in [2.05, 4.69) is 5.32 Å². The smallest absolute Gasteiger partial charge is 0.264 e. The van der Waals surface area contributed by atoms with Gasteiger partial charge in [0.05, 0.1) is 17.7 Å². The molecule has 3 aromatic rings. The van der Waals surface area contributed by atoms with Gasteiger partial charge in [0.1, 0.15) is 18.3 Å². The Balaban J connectivity index is 2.06. The van der Waals surface area contributed by atoms with E-state index in [4.69, 9.17) is 4.74 Å². The van der Waals surface area contributed by atoms with Crippen molar-refractivity contribution in [2.24, 2.45) is 0 Å². The number of rotatable bonds is 11. The van der Waals surface area contributed by atoms with E-state index in [0.717, 1.165) is 15.4 Å². The van der Waals surface area contributed by atoms with Crippen LogP contribution in [-0.4, -0.2) is 51.9 Å². The van der Waals surface area contributed by atoms with Gasteiger partial charge in [0.15, 0.2) is 0 Å². The van der Waals surface area contributed by atoms with Crippen molar-refractivity contribution >= 4 is 27.5 Å². The molecule has 3 rings (SSSR count). The Morgan fingerprint density at radius 3 is 2.24 bits per heavy atom. The number of sulfonamides is 1. The maximum absolute atomic E-state index is 13.9. The number of anilines is 1. The fourth-order valence-corrected chi connectivity index (χ4v) is 5.42. The van der Waals surface area contributed by atoms with Gasteiger partial charge in [-0.2, -0.15) is 0 Å². The number of nitrogens with one attached hydrogen (secondary N) is 1. The van der Waals surface area contributed by atoms with Gasteiger partial charge in [0.25, 0.3) is 10.0 Å². The third kappa shape index (κ3) is 6.68. The molecule has 0 bridgehead atoms. The maximum atomic E-state index is 13.9. The average molecular weight is 524 g/mol. The highest BCUT2D eigenvalue weighted by molar-refractivity contribution is 7.92. The summed E-state index contributed by atoms with van der Waals surface area (Å²) in [7, 11) is -1.11. The first-order valence-electron chi connectivity index (χ1n) is 12.0. The van der Waals surface area contributed by atoms with E-state index in [1.165, 1.54) is 31.2 Å². The lowest BCUT2D eigenvalue weighted by molar-refractivity contribution is -0.140. The summed E-state index contributed by atoms with van der Waals surface area (Å²) < 4.78 is 33.9. The third-order valence-corrected chi connectivity index (χ3v) is 7.85. The van der Waals surface area contributed by atoms with Crippen LogP contribution in [0.3, 0.4) is 0 Å². The van der Waals surface area contributed by atoms with Crippen molar-refractivity contribution in [1.29, 1.82) is 0 Å². The summed E-state index contributed by atoms with van der Waals surface area (Å²) in [4.78, 5) is 28.1. The quantitative estimate of drug-likeness (QED) is 0.413. The summed E-state index contributed by atoms with van der Waals surface area (Å²) in [5, 5.41) is 2.62. The molecular weight excluding hydrogens is 490 g/mol. The lowest BCUT2D eigenvalue weighted by atomic mass is 10.1. The summed E-state index contributed by atoms with van der Waals surface area (Å²) in [6.45, 7) is 3.44. The average Bonchev–Trinajstić information content (AvgIpc) is 2.92. The van der Waals surface area contributed by atoms with Gasteiger partial charge in [-0.3, -0.25) is 13.9 Å². The number of methoxy groups -OCH3 is 1. The molecule has 0 aliphatic carbocycles. The Hall–Kier alpha value is -3.85. The van der Waals surface area contributed by atoms with Crippen molar-refractivity contribution in [1.82, 2.24) is 10.2 Å². The van der Waals surface area contributed by atoms with Crippen molar-refractivity contribution < 1.29 is 22.7 Å². The molecule has 1 atom stereocenters. The second-order valence-electron chi connectivity index (χ2n) is 8.57. The highest BCUT2D eigenvalue weighted by Gasteiger charge is 2.33. The minimum atomic E-state index is -4.11. The van der Waals surface area contributed by atoms with Gasteiger partial charge in [0, 0.05) is 19.7 Å². The van der Waals surface area contributed by atoms with E-state index in [1.54, 1.807) is 42.5 Å². The number of hydrogen-bond donors (Lipinski definition) is 1. The molecule has 0 heterocycles. The minimum Gasteiger partial charge on any atom is -0.497 e. The molecule has 8 nitrogen and oxygen atoms in total. The lowest BCUT2D eigenvalue weighted by Gasteiger charge is -2.33. The van der Waals surface area contributed by atoms with Gasteiger partial charge in [-0.25, -0.2) is 8.42 Å². The first kappa shape index (κ1) is 27.7. The van der Waals surface area contributed by atoms with Crippen molar-refractivity contribution in [2.45, 2.75) is 37.8 Å². The first-order valence-corrected chi connectivity index (χ1v) is 13.4. The topological polar surface area (TPSA) is 96.0 Å². The van der Waals surface area contributed by atoms with Gasteiger partial charge in [-0.1, -0.05) is 61.0 Å². The molecule has 0 unspecified atom stereocenters. The molecular formula is C28H33N3O5S. The zero-order valence-corrected chi connectivity index (χ0v) is 22.4. The molecule has 1 N–H and O–H groups in total. The number of carbonyl (C=O) groups excluding carboxylic acids is 2. The standard InChI is InChI=1S/C28H33N3O5S/c1-5-26(28(33)29-3)30(19-22-16-14-21(2)15-17-22)27(32)20-31(23-10-9-11-24(18-23)36-4)37(34,35)25-12-7-6-8-13-25/h6-18,26H,5,19-20H2,1-4H3,(H,29,33)/t26-/m1/s1. The van der Waals surface area contributed by atoms with Gasteiger partial charge < -0.3 is 15.0 Å². The van der Waals surface area contributed by atoms with Crippen LogP contribution in [0.15, 0.2) is 83.8 Å². The first-order chi connectivity index (χ1) is 17.7. The van der Waals surface area contributed by atoms with E-state index in [0.29, 0.717) is 12.2 Å². The Bertz CT molecular complexity index is 1310. The number of benzene rings is 3. The van der Waals surface area contributed by atoms with E-state index in [1.807, 2.05) is 38.1 Å². The van der Waals surface area contributed by atoms with Crippen LogP contribution in [0.25, 0.3) is 0 Å². The van der Waals surface area contributed by atoms with Gasteiger partial charge in [0.2, 0.25) is 11.8 Å². The molecule has 9 heteroatoms. The van der Waals surface area contributed by atoms with Crippen molar-refractivity contribution in [3.05, 3.63) is 90.0 Å². The van der Waals surface area contributed by atoms with Crippen molar-refractivity contribution in [2.75, 3.05) is 25.0 Å². The van der Waals surface area contributed by atoms with Gasteiger partial charge in [-0.05, 0) is 43.2 Å². The number of amides is 2. The molecule has 0 aromatic heterocycles. The predicted molar refractivity (Wildman–Crippen MR) is 144 cm³/mol. The number of hydrogen-bond acceptors (Lipinski definition) is 5. The van der Waals surface area contributed by atoms with Crippen LogP contribution in [0, 0.1) is 6.92 Å². The van der Waals surface area contributed by atoms with Crippen LogP contribution in [0.2, 0.25) is 0 Å². The highest BCUT2D eigenvalue weighted by Crippen LogP contribution is 2.27. The summed E-state index contributed by atoms with van der Waals surface area (Å²) >= 11 is 0. The van der Waals surface area contributed by atoms with Crippen LogP contribution in [0.4, 0.5) is 5.69 Å². The predicted octanol–water partition coefficient (Wildman–Crippen LogP) is 3.75. The SMILES string of the molecule is CC[C@H](C(=O)NC)N(Cc1ccc(C)cc1)C(=O)CN(c1cccc(OC)c1)S(=O)(=O)c1ccccc1. The molecule has 0 spiro atoms. The molecule has 37 heavy (non-hydrogen) atoms. The van der Waals surface area contributed by atoms with E-state index in [-0.39, 0.29) is 23.0 Å². The number of ether oxygens (including phenoxy) is 1. The normalized spacial score (nSPS) is 11.9. The molecule has 0 saturated heterocycles. The van der Waals surface area contributed by atoms with Crippen molar-refractivity contribution in [3.8, 4) is 5.75 Å². The molecule has 0 aliphatic heterocycles. The summed E-state index contributed by atoms with van der Waals surface area (Å²) in [5.74, 6) is -0.369. The van der Waals surface area contributed by atoms with E-state index >= 15 is 0 Å². The Labute approximate surface area is 218 Å². The second-order valence-corrected chi connectivity index (χ2v) is 10.4. The fourth-order valence-electron chi connectivity index (χ4n) is 3.99. The number of nitrogens with zero attached hydrogens (tertiary/aromatic N) is 2. The Morgan fingerprint density at radius 2 is 1.65 bits per heavy atom. The number of likely N-dealkylation sites (N-methyl/N-ethyl adjacent to an activating group) is 1. The van der Waals surface area contributed by atoms with Gasteiger partial charge >= 0.3 is 0 Å². The van der Waals surface area contributed by atoms with Crippen LogP contribution >= 0.6 is 0 Å². The van der Waals surface area contributed by atoms with Crippen LogP contribution < -0.4 is 14.4 Å². The summed E-state index contributed by atoms with van der Waals surface area (Å²) in [5.41, 5.74) is 2.18. The lowest BCUT2D eigenvalue weighted by Crippen LogP contribution is -2.51. The summed E-state index contributed by atoms with van der Waals surface area (Å²) in [6, 6.07) is 21.3. The molecule has 0 fully saturated rings. The van der Waals surface area contributed by atoms with Gasteiger partial charge in [-0.15, -0.1) is 0 Å². The molecule has 3 aromatic carbocycles. The van der Waals surface area contributed by atoms with Crippen LogP contribution in [0.1, 0.15) is 24.5 Å². The highest BCUT2D eigenvalue weighted by atomic mass is 32.2. The molecule has 2 amide bonds.